The van der Waals surface area contributed by atoms with Crippen LogP contribution in [0.25, 0.3) is 10.9 Å². The second-order valence-corrected chi connectivity index (χ2v) is 3.39. The van der Waals surface area contributed by atoms with Crippen LogP contribution < -0.4 is 3.07 Å². The Balaban J connectivity index is 2.74. The normalized spacial score (nSPS) is 10.3. The third-order valence-corrected chi connectivity index (χ3v) is 2.41. The van der Waals surface area contributed by atoms with Crippen LogP contribution in [0.3, 0.4) is 0 Å². The van der Waals surface area contributed by atoms with Crippen molar-refractivity contribution in [1.82, 2.24) is 4.98 Å². The average molecular weight is 306 g/mol. The molecule has 0 aliphatic heterocycles. The van der Waals surface area contributed by atoms with E-state index in [0.29, 0.717) is 10.9 Å². The average Bonchev–Trinajstić information content (AvgIpc) is 2.17. The number of fused-ring (bicyclic) bond motifs is 1. The fourth-order valence-electron chi connectivity index (χ4n) is 1.13. The Kier molecular flexibility index (Phi) is 2.55. The summed E-state index contributed by atoms with van der Waals surface area (Å²) in [6, 6.07) is 9.61. The molecule has 4 heteroatoms. The molecule has 1 aromatic carbocycles. The molecule has 0 bridgehead atoms. The molecule has 0 atom stereocenters. The van der Waals surface area contributed by atoms with E-state index >= 15 is 0 Å². The van der Waals surface area contributed by atoms with Crippen LogP contribution in [0.2, 0.25) is 5.02 Å². The predicted molar refractivity (Wildman–Crippen MR) is 61.4 cm³/mol. The van der Waals surface area contributed by atoms with Crippen LogP contribution in [0.5, 0.6) is 5.88 Å². The number of pyridine rings is 1. The molecule has 2 aromatic rings. The van der Waals surface area contributed by atoms with Gasteiger partial charge in [0.15, 0.2) is 23.0 Å². The Hall–Kier alpha value is -0.550. The second-order valence-electron chi connectivity index (χ2n) is 2.55. The molecule has 1 aromatic heterocycles. The lowest BCUT2D eigenvalue weighted by atomic mass is 10.2. The van der Waals surface area contributed by atoms with Crippen LogP contribution in [0.4, 0.5) is 0 Å². The number of rotatable bonds is 1. The molecule has 1 heterocycles. The minimum Gasteiger partial charge on any atom is -0.407 e. The summed E-state index contributed by atoms with van der Waals surface area (Å²) in [5.74, 6) is 0.459. The molecule has 66 valence electrons. The van der Waals surface area contributed by atoms with E-state index in [1.165, 1.54) is 0 Å². The summed E-state index contributed by atoms with van der Waals surface area (Å²) in [4.78, 5) is 4.23. The summed E-state index contributed by atoms with van der Waals surface area (Å²) < 4.78 is 4.98. The number of benzene rings is 1. The third-order valence-electron chi connectivity index (χ3n) is 1.72. The van der Waals surface area contributed by atoms with E-state index in [4.69, 9.17) is 14.7 Å². The summed E-state index contributed by atoms with van der Waals surface area (Å²) in [5.41, 5.74) is 0.888. The lowest BCUT2D eigenvalue weighted by molar-refractivity contribution is 0.686. The monoisotopic (exact) mass is 305 g/mol. The molecule has 0 spiro atoms. The van der Waals surface area contributed by atoms with Gasteiger partial charge in [-0.15, -0.1) is 0 Å². The van der Waals surface area contributed by atoms with Gasteiger partial charge in [0, 0.05) is 5.39 Å². The van der Waals surface area contributed by atoms with Crippen LogP contribution in [0, 0.1) is 0 Å². The zero-order valence-corrected chi connectivity index (χ0v) is 9.41. The van der Waals surface area contributed by atoms with Crippen molar-refractivity contribution in [3.8, 4) is 5.88 Å². The lowest BCUT2D eigenvalue weighted by Gasteiger charge is -2.01. The van der Waals surface area contributed by atoms with E-state index in [0.717, 1.165) is 10.9 Å². The Morgan fingerprint density at radius 3 is 2.85 bits per heavy atom. The summed E-state index contributed by atoms with van der Waals surface area (Å²) >= 11 is 7.68. The van der Waals surface area contributed by atoms with E-state index in [9.17, 15) is 0 Å². The first kappa shape index (κ1) is 9.02. The minimum absolute atomic E-state index is 0.459. The van der Waals surface area contributed by atoms with Crippen LogP contribution >= 0.6 is 34.6 Å². The number of halogens is 2. The number of hydrogen-bond donors (Lipinski definition) is 0. The maximum atomic E-state index is 5.91. The smallest absolute Gasteiger partial charge is 0.243 e. The van der Waals surface area contributed by atoms with E-state index < -0.39 is 0 Å². The highest BCUT2D eigenvalue weighted by Gasteiger charge is 2.04. The van der Waals surface area contributed by atoms with Gasteiger partial charge in [-0.3, -0.25) is 0 Å². The fraction of sp³-hybridized carbons (Fsp3) is 0. The Morgan fingerprint density at radius 1 is 1.31 bits per heavy atom. The fourth-order valence-corrected chi connectivity index (χ4v) is 1.79. The van der Waals surface area contributed by atoms with Crippen LogP contribution in [0.1, 0.15) is 0 Å². The highest BCUT2D eigenvalue weighted by Crippen LogP contribution is 2.27. The quantitative estimate of drug-likeness (QED) is 0.751. The maximum Gasteiger partial charge on any atom is 0.243 e. The molecule has 0 aliphatic carbocycles. The van der Waals surface area contributed by atoms with Crippen LogP contribution in [-0.2, 0) is 0 Å². The molecule has 0 aliphatic rings. The molecule has 0 amide bonds. The molecule has 2 rings (SSSR count). The number of hydrogen-bond acceptors (Lipinski definition) is 2. The predicted octanol–water partition coefficient (Wildman–Crippen LogP) is 3.62. The van der Waals surface area contributed by atoms with Gasteiger partial charge in [0.1, 0.15) is 5.02 Å². The van der Waals surface area contributed by atoms with Crippen molar-refractivity contribution in [3.63, 3.8) is 0 Å². The summed E-state index contributed by atoms with van der Waals surface area (Å²) in [6.45, 7) is 0. The topological polar surface area (TPSA) is 22.1 Å². The molecular formula is C9H5ClINO. The van der Waals surface area contributed by atoms with Gasteiger partial charge < -0.3 is 3.07 Å². The van der Waals surface area contributed by atoms with Crippen LogP contribution in [-0.4, -0.2) is 4.98 Å². The van der Waals surface area contributed by atoms with Crippen molar-refractivity contribution in [2.75, 3.05) is 0 Å². The zero-order valence-electron chi connectivity index (χ0n) is 6.50. The van der Waals surface area contributed by atoms with E-state index in [1.807, 2.05) is 30.3 Å². The van der Waals surface area contributed by atoms with Crippen molar-refractivity contribution in [3.05, 3.63) is 35.4 Å². The molecule has 2 nitrogen and oxygen atoms in total. The van der Waals surface area contributed by atoms with Crippen molar-refractivity contribution in [2.24, 2.45) is 0 Å². The first-order chi connectivity index (χ1) is 6.31. The van der Waals surface area contributed by atoms with Crippen molar-refractivity contribution < 1.29 is 3.07 Å². The van der Waals surface area contributed by atoms with E-state index in [2.05, 4.69) is 4.98 Å². The first-order valence-corrected chi connectivity index (χ1v) is 4.91. The van der Waals surface area contributed by atoms with Gasteiger partial charge in [0.2, 0.25) is 5.88 Å². The van der Waals surface area contributed by atoms with Crippen molar-refractivity contribution >= 4 is 45.5 Å². The SMILES string of the molecule is Clc1cc2ccccc2nc1OI. The number of nitrogens with zero attached hydrogens (tertiary/aromatic N) is 1. The maximum absolute atomic E-state index is 5.91. The van der Waals surface area contributed by atoms with E-state index in [-0.39, 0.29) is 0 Å². The summed E-state index contributed by atoms with van der Waals surface area (Å²) in [6.07, 6.45) is 0. The number of aromatic nitrogens is 1. The minimum atomic E-state index is 0.459. The van der Waals surface area contributed by atoms with Crippen molar-refractivity contribution in [2.45, 2.75) is 0 Å². The molecule has 0 saturated carbocycles. The Morgan fingerprint density at radius 2 is 2.08 bits per heavy atom. The second kappa shape index (κ2) is 3.67. The molecule has 0 fully saturated rings. The largest absolute Gasteiger partial charge is 0.407 e. The Labute approximate surface area is 94.6 Å². The highest BCUT2D eigenvalue weighted by molar-refractivity contribution is 14.1. The van der Waals surface area contributed by atoms with E-state index in [1.54, 1.807) is 23.0 Å². The molecule has 13 heavy (non-hydrogen) atoms. The highest BCUT2D eigenvalue weighted by atomic mass is 127. The standard InChI is InChI=1S/C9H5ClINO/c10-7-5-6-3-1-2-4-8(6)12-9(7)13-11/h1-5H. The summed E-state index contributed by atoms with van der Waals surface area (Å²) in [5, 5.41) is 1.55. The van der Waals surface area contributed by atoms with Gasteiger partial charge in [-0.25, -0.2) is 4.98 Å². The van der Waals surface area contributed by atoms with Gasteiger partial charge in [0.05, 0.1) is 5.52 Å². The van der Waals surface area contributed by atoms with Crippen molar-refractivity contribution in [1.29, 1.82) is 0 Å². The number of para-hydroxylation sites is 1. The molecule has 0 N–H and O–H groups in total. The van der Waals surface area contributed by atoms with Gasteiger partial charge in [0.25, 0.3) is 0 Å². The third kappa shape index (κ3) is 1.71. The zero-order chi connectivity index (χ0) is 9.26. The van der Waals surface area contributed by atoms with Gasteiger partial charge in [-0.05, 0) is 12.1 Å². The lowest BCUT2D eigenvalue weighted by Crippen LogP contribution is -1.84. The van der Waals surface area contributed by atoms with Gasteiger partial charge >= 0.3 is 0 Å². The first-order valence-electron chi connectivity index (χ1n) is 3.65. The van der Waals surface area contributed by atoms with Crippen LogP contribution in [0.15, 0.2) is 30.3 Å². The molecular weight excluding hydrogens is 300 g/mol. The van der Waals surface area contributed by atoms with Gasteiger partial charge in [-0.1, -0.05) is 29.8 Å². The molecule has 0 radical (unpaired) electrons. The van der Waals surface area contributed by atoms with Gasteiger partial charge in [-0.2, -0.15) is 0 Å². The summed E-state index contributed by atoms with van der Waals surface area (Å²) in [7, 11) is 0. The molecule has 0 unspecified atom stereocenters. The molecule has 0 saturated heterocycles. The Bertz CT molecular complexity index is 447.